The monoisotopic (exact) mass is 574 g/mol. The highest BCUT2D eigenvalue weighted by Crippen LogP contribution is 2.37. The maximum Gasteiger partial charge on any atom is 0.410 e. The fourth-order valence-electron chi connectivity index (χ4n) is 5.71. The number of rotatable bonds is 8. The summed E-state index contributed by atoms with van der Waals surface area (Å²) in [5, 5.41) is 2.28. The van der Waals surface area contributed by atoms with Crippen LogP contribution >= 0.6 is 0 Å². The number of para-hydroxylation sites is 1. The van der Waals surface area contributed by atoms with Gasteiger partial charge in [-0.2, -0.15) is 0 Å². The highest BCUT2D eigenvalue weighted by Gasteiger charge is 2.50. The van der Waals surface area contributed by atoms with Gasteiger partial charge in [-0.3, -0.25) is 0 Å². The number of nitrogens with zero attached hydrogens (tertiary/aromatic N) is 1. The summed E-state index contributed by atoms with van der Waals surface area (Å²) in [6, 6.07) is 29.1. The van der Waals surface area contributed by atoms with Crippen LogP contribution in [0.15, 0.2) is 84.9 Å². The van der Waals surface area contributed by atoms with E-state index in [1.165, 1.54) is 10.4 Å². The van der Waals surface area contributed by atoms with Gasteiger partial charge in [-0.1, -0.05) is 99.6 Å². The van der Waals surface area contributed by atoms with Gasteiger partial charge in [-0.25, -0.2) is 4.79 Å². The second-order valence-electron chi connectivity index (χ2n) is 13.0. The van der Waals surface area contributed by atoms with E-state index in [-0.39, 0.29) is 23.3 Å². The molecule has 1 unspecified atom stereocenters. The van der Waals surface area contributed by atoms with Crippen molar-refractivity contribution in [1.29, 1.82) is 0 Å². The molecule has 4 rings (SSSR count). The van der Waals surface area contributed by atoms with Gasteiger partial charge < -0.3 is 24.5 Å². The number of amides is 1. The Bertz CT molecular complexity index is 1230. The van der Waals surface area contributed by atoms with Crippen molar-refractivity contribution in [1.82, 2.24) is 4.90 Å². The van der Waals surface area contributed by atoms with Gasteiger partial charge >= 0.3 is 6.09 Å². The Kier molecular flexibility index (Phi) is 9.62. The number of nitrogens with two attached hydrogens (primary N) is 1. The van der Waals surface area contributed by atoms with Crippen LogP contribution in [0.3, 0.4) is 0 Å². The average Bonchev–Trinajstić information content (AvgIpc) is 2.92. The van der Waals surface area contributed by atoms with Crippen molar-refractivity contribution in [2.24, 2.45) is 0 Å². The number of ether oxygens (including phenoxy) is 2. The molecule has 0 bridgehead atoms. The van der Waals surface area contributed by atoms with Crippen LogP contribution in [0.1, 0.15) is 53.5 Å². The van der Waals surface area contributed by atoms with Gasteiger partial charge in [0.15, 0.2) is 0 Å². The molecule has 3 aromatic rings. The molecule has 0 spiro atoms. The summed E-state index contributed by atoms with van der Waals surface area (Å²) >= 11 is 0. The molecule has 220 valence electrons. The van der Waals surface area contributed by atoms with Crippen LogP contribution in [0.25, 0.3) is 0 Å². The van der Waals surface area contributed by atoms with Crippen molar-refractivity contribution in [2.75, 3.05) is 25.4 Å². The van der Waals surface area contributed by atoms with Gasteiger partial charge in [-0.05, 0) is 60.7 Å². The number of carbonyl (C=O) groups is 1. The molecule has 0 saturated carbocycles. The Morgan fingerprint density at radius 1 is 0.854 bits per heavy atom. The number of morpholine rings is 1. The highest BCUT2D eigenvalue weighted by atomic mass is 28.4. The van der Waals surface area contributed by atoms with E-state index in [0.29, 0.717) is 19.7 Å². The van der Waals surface area contributed by atoms with Gasteiger partial charge in [0.25, 0.3) is 8.32 Å². The zero-order valence-corrected chi connectivity index (χ0v) is 26.4. The van der Waals surface area contributed by atoms with Gasteiger partial charge in [0.2, 0.25) is 0 Å². The van der Waals surface area contributed by atoms with E-state index in [1.54, 1.807) is 4.90 Å². The second kappa shape index (κ2) is 12.8. The molecule has 2 N–H and O–H groups in total. The molecule has 1 heterocycles. The van der Waals surface area contributed by atoms with E-state index in [9.17, 15) is 4.79 Å². The number of anilines is 1. The van der Waals surface area contributed by atoms with Crippen LogP contribution in [-0.2, 0) is 20.3 Å². The second-order valence-corrected chi connectivity index (χ2v) is 17.3. The van der Waals surface area contributed by atoms with Crippen LogP contribution in [-0.4, -0.2) is 56.8 Å². The summed E-state index contributed by atoms with van der Waals surface area (Å²) in [5.74, 6) is 0. The maximum atomic E-state index is 13.2. The van der Waals surface area contributed by atoms with Crippen molar-refractivity contribution < 1.29 is 18.7 Å². The summed E-state index contributed by atoms with van der Waals surface area (Å²) in [6.45, 7) is 13.7. The first-order valence-corrected chi connectivity index (χ1v) is 16.5. The van der Waals surface area contributed by atoms with E-state index in [2.05, 4.69) is 69.3 Å². The standard InChI is InChI=1S/C34H46N2O4Si/c1-33(2,3)40-32(37)36-23-27(22-21-26-15-13-14-20-31(26)35)39-28(24-36)25-38-41(34(4,5)6,29-16-9-7-10-17-29)30-18-11-8-12-19-30/h7-20,27-28H,21-25,35H2,1-6H3/t27?,28-/m0/s1. The predicted molar refractivity (Wildman–Crippen MR) is 169 cm³/mol. The molecule has 0 radical (unpaired) electrons. The summed E-state index contributed by atoms with van der Waals surface area (Å²) in [4.78, 5) is 15.0. The van der Waals surface area contributed by atoms with Gasteiger partial charge in [0.05, 0.1) is 31.9 Å². The first kappa shape index (κ1) is 30.8. The van der Waals surface area contributed by atoms with E-state index in [1.807, 2.05) is 57.2 Å². The lowest BCUT2D eigenvalue weighted by atomic mass is 10.0. The Hall–Kier alpha value is -3.13. The quantitative estimate of drug-likeness (QED) is 0.273. The van der Waals surface area contributed by atoms with E-state index in [0.717, 1.165) is 24.1 Å². The van der Waals surface area contributed by atoms with Crippen molar-refractivity contribution in [2.45, 2.75) is 77.2 Å². The minimum absolute atomic E-state index is 0.153. The third-order valence-corrected chi connectivity index (χ3v) is 12.6. The highest BCUT2D eigenvalue weighted by molar-refractivity contribution is 6.99. The number of benzene rings is 3. The summed E-state index contributed by atoms with van der Waals surface area (Å²) in [6.07, 6.45) is 0.727. The van der Waals surface area contributed by atoms with Crippen molar-refractivity contribution in [3.63, 3.8) is 0 Å². The molecule has 41 heavy (non-hydrogen) atoms. The fourth-order valence-corrected chi connectivity index (χ4v) is 10.3. The van der Waals surface area contributed by atoms with Crippen molar-refractivity contribution in [3.05, 3.63) is 90.5 Å². The SMILES string of the molecule is CC(C)(C)OC(=O)N1CC(CCc2ccccc2N)O[C@H](CO[Si](c2ccccc2)(c2ccccc2)C(C)(C)C)C1. The van der Waals surface area contributed by atoms with Gasteiger partial charge in [0.1, 0.15) is 5.60 Å². The lowest BCUT2D eigenvalue weighted by Crippen LogP contribution is -2.67. The summed E-state index contributed by atoms with van der Waals surface area (Å²) in [7, 11) is -2.75. The van der Waals surface area contributed by atoms with Crippen LogP contribution in [0.2, 0.25) is 5.04 Å². The van der Waals surface area contributed by atoms with Crippen LogP contribution in [0.5, 0.6) is 0 Å². The van der Waals surface area contributed by atoms with Gasteiger partial charge in [-0.15, -0.1) is 0 Å². The topological polar surface area (TPSA) is 74.0 Å². The lowest BCUT2D eigenvalue weighted by molar-refractivity contribution is -0.102. The van der Waals surface area contributed by atoms with Crippen LogP contribution in [0.4, 0.5) is 10.5 Å². The van der Waals surface area contributed by atoms with E-state index < -0.39 is 13.9 Å². The molecule has 6 nitrogen and oxygen atoms in total. The molecule has 1 aliphatic heterocycles. The fraction of sp³-hybridized carbons (Fsp3) is 0.441. The molecule has 0 aromatic heterocycles. The molecule has 1 saturated heterocycles. The molecule has 0 aliphatic carbocycles. The summed E-state index contributed by atoms with van der Waals surface area (Å²) < 4.78 is 19.6. The van der Waals surface area contributed by atoms with Crippen LogP contribution in [0, 0.1) is 0 Å². The number of hydrogen-bond acceptors (Lipinski definition) is 5. The number of carbonyl (C=O) groups excluding carboxylic acids is 1. The lowest BCUT2D eigenvalue weighted by Gasteiger charge is -2.45. The molecular weight excluding hydrogens is 528 g/mol. The van der Waals surface area contributed by atoms with Crippen molar-refractivity contribution >= 4 is 30.5 Å². The molecule has 1 fully saturated rings. The molecule has 2 atom stereocenters. The van der Waals surface area contributed by atoms with Crippen LogP contribution < -0.4 is 16.1 Å². The third kappa shape index (κ3) is 7.59. The Balaban J connectivity index is 1.61. The zero-order chi connectivity index (χ0) is 29.7. The largest absolute Gasteiger partial charge is 0.444 e. The molecular formula is C34H46N2O4Si. The molecule has 3 aromatic carbocycles. The first-order valence-electron chi connectivity index (χ1n) is 14.6. The Labute approximate surface area is 246 Å². The Morgan fingerprint density at radius 3 is 1.93 bits per heavy atom. The summed E-state index contributed by atoms with van der Waals surface area (Å²) in [5.41, 5.74) is 7.50. The smallest absolute Gasteiger partial charge is 0.410 e. The number of hydrogen-bond donors (Lipinski definition) is 1. The minimum atomic E-state index is -2.75. The normalized spacial score (nSPS) is 18.2. The van der Waals surface area contributed by atoms with Gasteiger partial charge in [0, 0.05) is 5.69 Å². The molecule has 1 amide bonds. The number of aryl methyl sites for hydroxylation is 1. The van der Waals surface area contributed by atoms with Crippen molar-refractivity contribution in [3.8, 4) is 0 Å². The average molecular weight is 575 g/mol. The third-order valence-electron chi connectivity index (χ3n) is 7.58. The first-order chi connectivity index (χ1) is 19.4. The minimum Gasteiger partial charge on any atom is -0.444 e. The van der Waals surface area contributed by atoms with E-state index in [4.69, 9.17) is 19.6 Å². The van der Waals surface area contributed by atoms with E-state index >= 15 is 0 Å². The maximum absolute atomic E-state index is 13.2. The number of nitrogen functional groups attached to an aromatic ring is 1. The molecule has 7 heteroatoms. The zero-order valence-electron chi connectivity index (χ0n) is 25.4. The molecule has 1 aliphatic rings. The predicted octanol–water partition coefficient (Wildman–Crippen LogP) is 5.78. The Morgan fingerprint density at radius 2 is 1.39 bits per heavy atom.